The fraction of sp³-hybridized carbons (Fsp3) is 0.462. The molecule has 18 heavy (non-hydrogen) atoms. The molecule has 1 atom stereocenters. The zero-order chi connectivity index (χ0) is 13.5. The van der Waals surface area contributed by atoms with Crippen LogP contribution in [0.25, 0.3) is 0 Å². The number of carbonyl (C=O) groups is 1. The lowest BCUT2D eigenvalue weighted by molar-refractivity contribution is -0.138. The van der Waals surface area contributed by atoms with Gasteiger partial charge in [0.15, 0.2) is 0 Å². The lowest BCUT2D eigenvalue weighted by Crippen LogP contribution is -2.29. The van der Waals surface area contributed by atoms with Crippen LogP contribution < -0.4 is 16.4 Å². The van der Waals surface area contributed by atoms with Crippen molar-refractivity contribution in [1.82, 2.24) is 0 Å². The van der Waals surface area contributed by atoms with Crippen molar-refractivity contribution in [3.63, 3.8) is 0 Å². The standard InChI is InChI=1S/C13H21N3O2/c1-15-10-7-6-9(12(8-10)16-2)4-3-5-11(14)13(17)18/h6-8,11,15-16H,3-5,14H2,1-2H3,(H,17,18). The summed E-state index contributed by atoms with van der Waals surface area (Å²) >= 11 is 0. The molecule has 0 saturated carbocycles. The quantitative estimate of drug-likeness (QED) is 0.590. The van der Waals surface area contributed by atoms with Gasteiger partial charge in [-0.3, -0.25) is 4.79 Å². The van der Waals surface area contributed by atoms with Crippen LogP contribution in [0.15, 0.2) is 18.2 Å². The Labute approximate surface area is 107 Å². The van der Waals surface area contributed by atoms with Crippen molar-refractivity contribution >= 4 is 17.3 Å². The van der Waals surface area contributed by atoms with Gasteiger partial charge >= 0.3 is 5.97 Å². The van der Waals surface area contributed by atoms with Crippen molar-refractivity contribution in [1.29, 1.82) is 0 Å². The molecule has 0 fully saturated rings. The molecule has 0 aliphatic heterocycles. The molecule has 0 spiro atoms. The summed E-state index contributed by atoms with van der Waals surface area (Å²) in [6, 6.07) is 5.32. The average Bonchev–Trinajstić information content (AvgIpc) is 2.38. The maximum Gasteiger partial charge on any atom is 0.320 e. The fourth-order valence-electron chi connectivity index (χ4n) is 1.82. The Hall–Kier alpha value is -1.75. The molecule has 0 bridgehead atoms. The van der Waals surface area contributed by atoms with E-state index in [2.05, 4.69) is 10.6 Å². The van der Waals surface area contributed by atoms with Crippen LogP contribution in [0.5, 0.6) is 0 Å². The summed E-state index contributed by atoms with van der Waals surface area (Å²) in [5.74, 6) is -0.936. The molecule has 0 aliphatic carbocycles. The van der Waals surface area contributed by atoms with E-state index in [4.69, 9.17) is 10.8 Å². The van der Waals surface area contributed by atoms with E-state index in [9.17, 15) is 4.79 Å². The van der Waals surface area contributed by atoms with Gasteiger partial charge in [0.05, 0.1) is 0 Å². The van der Waals surface area contributed by atoms with Crippen molar-refractivity contribution < 1.29 is 9.90 Å². The Kier molecular flexibility index (Phi) is 5.45. The number of anilines is 2. The molecule has 0 aliphatic rings. The van der Waals surface area contributed by atoms with Crippen molar-refractivity contribution in [3.8, 4) is 0 Å². The van der Waals surface area contributed by atoms with Crippen molar-refractivity contribution in [2.75, 3.05) is 24.7 Å². The highest BCUT2D eigenvalue weighted by Crippen LogP contribution is 2.22. The summed E-state index contributed by atoms with van der Waals surface area (Å²) in [6.07, 6.45) is 2.08. The Balaban J connectivity index is 2.59. The Morgan fingerprint density at radius 1 is 1.39 bits per heavy atom. The number of nitrogens with two attached hydrogens (primary N) is 1. The number of aliphatic carboxylic acids is 1. The van der Waals surface area contributed by atoms with E-state index >= 15 is 0 Å². The SMILES string of the molecule is CNc1ccc(CCCC(N)C(=O)O)c(NC)c1. The molecule has 0 saturated heterocycles. The van der Waals surface area contributed by atoms with Gasteiger partial charge in [-0.2, -0.15) is 0 Å². The summed E-state index contributed by atoms with van der Waals surface area (Å²) in [5.41, 5.74) is 8.75. The highest BCUT2D eigenvalue weighted by Gasteiger charge is 2.11. The molecule has 1 aromatic carbocycles. The molecule has 1 rings (SSSR count). The van der Waals surface area contributed by atoms with Crippen LogP contribution in [-0.2, 0) is 11.2 Å². The average molecular weight is 251 g/mol. The van der Waals surface area contributed by atoms with Gasteiger partial charge in [-0.05, 0) is 37.0 Å². The second kappa shape index (κ2) is 6.86. The maximum absolute atomic E-state index is 10.6. The molecule has 0 amide bonds. The number of hydrogen-bond donors (Lipinski definition) is 4. The summed E-state index contributed by atoms with van der Waals surface area (Å²) in [4.78, 5) is 10.6. The highest BCUT2D eigenvalue weighted by atomic mass is 16.4. The van der Waals surface area contributed by atoms with Gasteiger partial charge in [-0.25, -0.2) is 0 Å². The predicted molar refractivity (Wildman–Crippen MR) is 74.1 cm³/mol. The third-order valence-corrected chi connectivity index (χ3v) is 2.95. The van der Waals surface area contributed by atoms with E-state index in [1.54, 1.807) is 0 Å². The first-order valence-corrected chi connectivity index (χ1v) is 6.05. The van der Waals surface area contributed by atoms with E-state index < -0.39 is 12.0 Å². The normalized spacial score (nSPS) is 11.9. The van der Waals surface area contributed by atoms with Crippen LogP contribution >= 0.6 is 0 Å². The predicted octanol–water partition coefficient (Wildman–Crippen LogP) is 1.50. The van der Waals surface area contributed by atoms with E-state index in [-0.39, 0.29) is 0 Å². The number of benzene rings is 1. The Morgan fingerprint density at radius 2 is 2.11 bits per heavy atom. The van der Waals surface area contributed by atoms with Crippen molar-refractivity contribution in [2.24, 2.45) is 5.73 Å². The summed E-state index contributed by atoms with van der Waals surface area (Å²) < 4.78 is 0. The van der Waals surface area contributed by atoms with E-state index in [0.717, 1.165) is 24.2 Å². The minimum Gasteiger partial charge on any atom is -0.480 e. The number of aryl methyl sites for hydroxylation is 1. The first-order chi connectivity index (χ1) is 8.58. The summed E-state index contributed by atoms with van der Waals surface area (Å²) in [7, 11) is 3.75. The Bertz CT molecular complexity index is 407. The van der Waals surface area contributed by atoms with Crippen LogP contribution in [0.3, 0.4) is 0 Å². The second-order valence-electron chi connectivity index (χ2n) is 4.21. The van der Waals surface area contributed by atoms with Crippen LogP contribution in [0.4, 0.5) is 11.4 Å². The largest absolute Gasteiger partial charge is 0.480 e. The molecular formula is C13H21N3O2. The molecule has 1 aromatic rings. The number of rotatable bonds is 7. The molecule has 1 unspecified atom stereocenters. The first-order valence-electron chi connectivity index (χ1n) is 6.05. The molecule has 100 valence electrons. The molecule has 0 radical (unpaired) electrons. The minimum absolute atomic E-state index is 0.492. The molecule has 5 nitrogen and oxygen atoms in total. The third-order valence-electron chi connectivity index (χ3n) is 2.95. The van der Waals surface area contributed by atoms with E-state index in [1.807, 2.05) is 32.3 Å². The lowest BCUT2D eigenvalue weighted by atomic mass is 10.0. The smallest absolute Gasteiger partial charge is 0.320 e. The van der Waals surface area contributed by atoms with Gasteiger partial charge in [-0.1, -0.05) is 6.07 Å². The fourth-order valence-corrected chi connectivity index (χ4v) is 1.82. The zero-order valence-corrected chi connectivity index (χ0v) is 10.9. The van der Waals surface area contributed by atoms with E-state index in [1.165, 1.54) is 5.56 Å². The minimum atomic E-state index is -0.936. The number of nitrogens with one attached hydrogen (secondary N) is 2. The zero-order valence-electron chi connectivity index (χ0n) is 10.9. The number of carboxylic acids is 1. The van der Waals surface area contributed by atoms with E-state index in [0.29, 0.717) is 6.42 Å². The highest BCUT2D eigenvalue weighted by molar-refractivity contribution is 5.73. The van der Waals surface area contributed by atoms with Crippen molar-refractivity contribution in [3.05, 3.63) is 23.8 Å². The molecule has 0 heterocycles. The van der Waals surface area contributed by atoms with Gasteiger partial charge in [0, 0.05) is 25.5 Å². The second-order valence-corrected chi connectivity index (χ2v) is 4.21. The lowest BCUT2D eigenvalue weighted by Gasteiger charge is -2.12. The van der Waals surface area contributed by atoms with Gasteiger partial charge in [0.1, 0.15) is 6.04 Å². The van der Waals surface area contributed by atoms with Gasteiger partial charge in [-0.15, -0.1) is 0 Å². The van der Waals surface area contributed by atoms with Crippen molar-refractivity contribution in [2.45, 2.75) is 25.3 Å². The molecular weight excluding hydrogens is 230 g/mol. The van der Waals surface area contributed by atoms with Gasteiger partial charge in [0.25, 0.3) is 0 Å². The van der Waals surface area contributed by atoms with Crippen LogP contribution in [0.1, 0.15) is 18.4 Å². The molecule has 5 heteroatoms. The monoisotopic (exact) mass is 251 g/mol. The number of carboxylic acid groups (broad SMARTS) is 1. The number of hydrogen-bond acceptors (Lipinski definition) is 4. The van der Waals surface area contributed by atoms with Crippen LogP contribution in [0.2, 0.25) is 0 Å². The third kappa shape index (κ3) is 3.92. The van der Waals surface area contributed by atoms with Crippen LogP contribution in [0, 0.1) is 0 Å². The Morgan fingerprint density at radius 3 is 2.67 bits per heavy atom. The van der Waals surface area contributed by atoms with Gasteiger partial charge < -0.3 is 21.5 Å². The van der Waals surface area contributed by atoms with Gasteiger partial charge in [0.2, 0.25) is 0 Å². The maximum atomic E-state index is 10.6. The summed E-state index contributed by atoms with van der Waals surface area (Å²) in [6.45, 7) is 0. The topological polar surface area (TPSA) is 87.4 Å². The molecule has 5 N–H and O–H groups in total. The summed E-state index contributed by atoms with van der Waals surface area (Å²) in [5, 5.41) is 14.9. The molecule has 0 aromatic heterocycles. The van der Waals surface area contributed by atoms with Crippen LogP contribution in [-0.4, -0.2) is 31.2 Å². The first kappa shape index (κ1) is 14.3.